The van der Waals surface area contributed by atoms with Crippen LogP contribution in [0.5, 0.6) is 0 Å². The Labute approximate surface area is 135 Å². The molecule has 0 amide bonds. The predicted molar refractivity (Wildman–Crippen MR) is 89.0 cm³/mol. The van der Waals surface area contributed by atoms with Crippen molar-refractivity contribution in [2.45, 2.75) is 12.5 Å². The molecule has 1 aromatic rings. The molecule has 0 saturated carbocycles. The van der Waals surface area contributed by atoms with Gasteiger partial charge in [0.05, 0.1) is 12.7 Å². The van der Waals surface area contributed by atoms with Gasteiger partial charge in [-0.15, -0.1) is 0 Å². The first-order valence-electron chi connectivity index (χ1n) is 7.18. The van der Waals surface area contributed by atoms with Gasteiger partial charge in [-0.1, -0.05) is 30.3 Å². The molecule has 1 saturated heterocycles. The zero-order chi connectivity index (χ0) is 14.2. The molecule has 4 nitrogen and oxygen atoms in total. The van der Waals surface area contributed by atoms with Gasteiger partial charge in [-0.05, 0) is 12.0 Å². The SMILES string of the molecule is OC(COI)CN1CCN(CCc2ccccc2)CC1. The van der Waals surface area contributed by atoms with Crippen LogP contribution in [0.2, 0.25) is 0 Å². The lowest BCUT2D eigenvalue weighted by molar-refractivity contribution is 0.0555. The molecule has 1 aromatic carbocycles. The Bertz CT molecular complexity index is 369. The largest absolute Gasteiger partial charge is 0.389 e. The summed E-state index contributed by atoms with van der Waals surface area (Å²) in [6.45, 7) is 6.50. The summed E-state index contributed by atoms with van der Waals surface area (Å²) >= 11 is 1.83. The number of benzene rings is 1. The van der Waals surface area contributed by atoms with Crippen LogP contribution in [-0.4, -0.2) is 66.9 Å². The molecule has 0 aliphatic carbocycles. The van der Waals surface area contributed by atoms with Crippen LogP contribution >= 0.6 is 23.0 Å². The Kier molecular flexibility index (Phi) is 7.23. The van der Waals surface area contributed by atoms with Crippen LogP contribution in [0.15, 0.2) is 30.3 Å². The molecule has 2 rings (SSSR count). The van der Waals surface area contributed by atoms with E-state index in [-0.39, 0.29) is 6.10 Å². The lowest BCUT2D eigenvalue weighted by Gasteiger charge is -2.35. The summed E-state index contributed by atoms with van der Waals surface area (Å²) in [7, 11) is 0. The molecule has 20 heavy (non-hydrogen) atoms. The second-order valence-corrected chi connectivity index (χ2v) is 5.93. The number of β-amino-alcohol motifs (C(OH)–C–C–N with tert-alkyl or cyclic N) is 1. The van der Waals surface area contributed by atoms with E-state index in [4.69, 9.17) is 3.07 Å². The second-order valence-electron chi connectivity index (χ2n) is 5.31. The van der Waals surface area contributed by atoms with Crippen molar-refractivity contribution in [3.63, 3.8) is 0 Å². The highest BCUT2D eigenvalue weighted by Crippen LogP contribution is 2.06. The number of halogens is 1. The smallest absolute Gasteiger partial charge is 0.109 e. The van der Waals surface area contributed by atoms with E-state index in [0.29, 0.717) is 6.61 Å². The van der Waals surface area contributed by atoms with E-state index in [2.05, 4.69) is 40.1 Å². The van der Waals surface area contributed by atoms with Crippen LogP contribution in [0.1, 0.15) is 5.56 Å². The van der Waals surface area contributed by atoms with E-state index in [1.807, 2.05) is 23.0 Å². The minimum absolute atomic E-state index is 0.372. The highest BCUT2D eigenvalue weighted by atomic mass is 127. The van der Waals surface area contributed by atoms with Gasteiger partial charge in [-0.2, -0.15) is 0 Å². The van der Waals surface area contributed by atoms with Gasteiger partial charge in [0.2, 0.25) is 0 Å². The van der Waals surface area contributed by atoms with Crippen molar-refractivity contribution in [1.29, 1.82) is 0 Å². The van der Waals surface area contributed by atoms with E-state index in [1.54, 1.807) is 0 Å². The molecule has 5 heteroatoms. The van der Waals surface area contributed by atoms with Gasteiger partial charge < -0.3 is 13.1 Å². The van der Waals surface area contributed by atoms with E-state index in [0.717, 1.165) is 45.7 Å². The third-order valence-corrected chi connectivity index (χ3v) is 4.11. The number of aliphatic hydroxyl groups is 1. The van der Waals surface area contributed by atoms with E-state index < -0.39 is 0 Å². The standard InChI is InChI=1S/C15H23IN2O2/c16-20-13-15(19)12-18-10-8-17(9-11-18)7-6-14-4-2-1-3-5-14/h1-5,15,19H,6-13H2. The minimum Gasteiger partial charge on any atom is -0.389 e. The van der Waals surface area contributed by atoms with Crippen molar-refractivity contribution in [2.75, 3.05) is 45.9 Å². The van der Waals surface area contributed by atoms with Crippen molar-refractivity contribution in [1.82, 2.24) is 9.80 Å². The topological polar surface area (TPSA) is 35.9 Å². The lowest BCUT2D eigenvalue weighted by atomic mass is 10.1. The maximum Gasteiger partial charge on any atom is 0.109 e. The number of rotatable bonds is 7. The molecule has 112 valence electrons. The van der Waals surface area contributed by atoms with Crippen molar-refractivity contribution in [3.05, 3.63) is 35.9 Å². The molecule has 0 spiro atoms. The van der Waals surface area contributed by atoms with E-state index in [9.17, 15) is 5.11 Å². The quantitative estimate of drug-likeness (QED) is 0.718. The molecule has 1 unspecified atom stereocenters. The fourth-order valence-corrected chi connectivity index (χ4v) is 2.97. The molecule has 1 heterocycles. The Morgan fingerprint density at radius 1 is 1.10 bits per heavy atom. The minimum atomic E-state index is -0.372. The molecule has 0 radical (unpaired) electrons. The third kappa shape index (κ3) is 5.65. The molecule has 1 aliphatic heterocycles. The van der Waals surface area contributed by atoms with Crippen molar-refractivity contribution in [2.24, 2.45) is 0 Å². The van der Waals surface area contributed by atoms with Gasteiger partial charge in [0.15, 0.2) is 0 Å². The highest BCUT2D eigenvalue weighted by molar-refractivity contribution is 14.1. The molecule has 0 aromatic heterocycles. The summed E-state index contributed by atoms with van der Waals surface area (Å²) in [5.41, 5.74) is 1.41. The number of hydrogen-bond acceptors (Lipinski definition) is 4. The summed E-state index contributed by atoms with van der Waals surface area (Å²) in [5, 5.41) is 9.73. The summed E-state index contributed by atoms with van der Waals surface area (Å²) in [6, 6.07) is 10.6. The number of piperazine rings is 1. The van der Waals surface area contributed by atoms with Crippen LogP contribution in [0.4, 0.5) is 0 Å². The number of aliphatic hydroxyl groups excluding tert-OH is 1. The van der Waals surface area contributed by atoms with Gasteiger partial charge in [0.25, 0.3) is 0 Å². The highest BCUT2D eigenvalue weighted by Gasteiger charge is 2.18. The average molecular weight is 390 g/mol. The van der Waals surface area contributed by atoms with Gasteiger partial charge in [-0.25, -0.2) is 0 Å². The molecule has 1 aliphatic rings. The van der Waals surface area contributed by atoms with Crippen molar-refractivity contribution in [3.8, 4) is 0 Å². The molecular weight excluding hydrogens is 367 g/mol. The number of nitrogens with zero attached hydrogens (tertiary/aromatic N) is 2. The average Bonchev–Trinajstić information content (AvgIpc) is 2.48. The van der Waals surface area contributed by atoms with Crippen LogP contribution in [0, 0.1) is 0 Å². The van der Waals surface area contributed by atoms with Crippen molar-refractivity contribution >= 4 is 23.0 Å². The molecule has 1 atom stereocenters. The normalized spacial score (nSPS) is 19.1. The van der Waals surface area contributed by atoms with Gasteiger partial charge >= 0.3 is 0 Å². The lowest BCUT2D eigenvalue weighted by Crippen LogP contribution is -2.49. The molecule has 1 N–H and O–H groups in total. The Morgan fingerprint density at radius 2 is 1.75 bits per heavy atom. The van der Waals surface area contributed by atoms with E-state index >= 15 is 0 Å². The first-order valence-corrected chi connectivity index (χ1v) is 8.06. The van der Waals surface area contributed by atoms with Crippen LogP contribution in [0.25, 0.3) is 0 Å². The zero-order valence-corrected chi connectivity index (χ0v) is 13.9. The Morgan fingerprint density at radius 3 is 2.40 bits per heavy atom. The maximum absolute atomic E-state index is 9.73. The van der Waals surface area contributed by atoms with Crippen LogP contribution < -0.4 is 0 Å². The first-order chi connectivity index (χ1) is 9.78. The fourth-order valence-electron chi connectivity index (χ4n) is 2.55. The van der Waals surface area contributed by atoms with Crippen molar-refractivity contribution < 1.29 is 8.17 Å². The van der Waals surface area contributed by atoms with Crippen LogP contribution in [0.3, 0.4) is 0 Å². The maximum atomic E-state index is 9.73. The Hall–Kier alpha value is -0.210. The predicted octanol–water partition coefficient (Wildman–Crippen LogP) is 1.57. The van der Waals surface area contributed by atoms with Gasteiger partial charge in [0, 0.05) is 39.3 Å². The second kappa shape index (κ2) is 8.94. The summed E-state index contributed by atoms with van der Waals surface area (Å²) < 4.78 is 4.94. The van der Waals surface area contributed by atoms with Gasteiger partial charge in [0.1, 0.15) is 23.0 Å². The molecular formula is C15H23IN2O2. The molecule has 1 fully saturated rings. The summed E-state index contributed by atoms with van der Waals surface area (Å²) in [6.07, 6.45) is 0.745. The Balaban J connectivity index is 1.64. The fraction of sp³-hybridized carbons (Fsp3) is 0.600. The summed E-state index contributed by atoms with van der Waals surface area (Å²) in [5.74, 6) is 0. The first kappa shape index (κ1) is 16.2. The van der Waals surface area contributed by atoms with Crippen LogP contribution in [-0.2, 0) is 9.49 Å². The third-order valence-electron chi connectivity index (χ3n) is 3.75. The van der Waals surface area contributed by atoms with E-state index in [1.165, 1.54) is 5.56 Å². The molecule has 0 bridgehead atoms. The summed E-state index contributed by atoms with van der Waals surface area (Å²) in [4.78, 5) is 4.82. The monoisotopic (exact) mass is 390 g/mol. The number of hydrogen-bond donors (Lipinski definition) is 1. The van der Waals surface area contributed by atoms with Gasteiger partial charge in [-0.3, -0.25) is 4.90 Å². The zero-order valence-electron chi connectivity index (χ0n) is 11.7.